The summed E-state index contributed by atoms with van der Waals surface area (Å²) in [5.41, 5.74) is 5.09. The molecule has 0 aromatic rings. The summed E-state index contributed by atoms with van der Waals surface area (Å²) in [5, 5.41) is 23.4. The van der Waals surface area contributed by atoms with E-state index in [1.54, 1.807) is 0 Å². The second-order valence-electron chi connectivity index (χ2n) is 4.54. The summed E-state index contributed by atoms with van der Waals surface area (Å²) in [5.74, 6) is -2.01. The van der Waals surface area contributed by atoms with Gasteiger partial charge in [-0.15, -0.1) is 0 Å². The molecule has 112 valence electrons. The van der Waals surface area contributed by atoms with Crippen LogP contribution in [0.25, 0.3) is 0 Å². The van der Waals surface area contributed by atoms with Gasteiger partial charge in [0.1, 0.15) is 12.1 Å². The van der Waals surface area contributed by atoms with Gasteiger partial charge in [-0.3, -0.25) is 15.0 Å². The van der Waals surface area contributed by atoms with E-state index in [0.717, 1.165) is 0 Å². The molecule has 0 spiro atoms. The summed E-state index contributed by atoms with van der Waals surface area (Å²) in [6.45, 7) is 0.356. The molecule has 7 N–H and O–H groups in total. The third-order valence-corrected chi connectivity index (χ3v) is 2.91. The first-order valence-electron chi connectivity index (χ1n) is 6.30. The van der Waals surface area contributed by atoms with Crippen LogP contribution >= 0.6 is 0 Å². The highest BCUT2D eigenvalue weighted by atomic mass is 16.4. The number of nitrogens with one attached hydrogen (secondary N) is 4. The van der Waals surface area contributed by atoms with Crippen molar-refractivity contribution in [2.45, 2.75) is 37.8 Å². The lowest BCUT2D eigenvalue weighted by molar-refractivity contribution is -0.142. The maximum Gasteiger partial charge on any atom is 0.326 e. The Labute approximate surface area is 115 Å². The minimum Gasteiger partial charge on any atom is -0.480 e. The van der Waals surface area contributed by atoms with Gasteiger partial charge in [0, 0.05) is 13.0 Å². The lowest BCUT2D eigenvalue weighted by Crippen LogP contribution is -2.49. The Hall–Kier alpha value is -2.32. The van der Waals surface area contributed by atoms with E-state index >= 15 is 0 Å². The molecule has 0 aromatic carbocycles. The van der Waals surface area contributed by atoms with Gasteiger partial charge in [0.05, 0.1) is 0 Å². The molecule has 2 amide bonds. The van der Waals surface area contributed by atoms with Crippen molar-refractivity contribution in [3.05, 3.63) is 0 Å². The Morgan fingerprint density at radius 3 is 2.75 bits per heavy atom. The molecule has 9 heteroatoms. The molecule has 1 aliphatic heterocycles. The molecule has 1 fully saturated rings. The van der Waals surface area contributed by atoms with Crippen molar-refractivity contribution < 1.29 is 19.5 Å². The van der Waals surface area contributed by atoms with Crippen molar-refractivity contribution in [3.63, 3.8) is 0 Å². The minimum atomic E-state index is -1.13. The van der Waals surface area contributed by atoms with E-state index < -0.39 is 24.0 Å². The number of rotatable bonds is 7. The van der Waals surface area contributed by atoms with Crippen LogP contribution in [0.2, 0.25) is 0 Å². The van der Waals surface area contributed by atoms with E-state index in [-0.39, 0.29) is 24.7 Å². The van der Waals surface area contributed by atoms with E-state index in [1.807, 2.05) is 0 Å². The second kappa shape index (κ2) is 7.31. The van der Waals surface area contributed by atoms with Crippen molar-refractivity contribution in [3.8, 4) is 0 Å². The molecule has 1 aliphatic rings. The Bertz CT molecular complexity index is 412. The minimum absolute atomic E-state index is 0.186. The fourth-order valence-electron chi connectivity index (χ4n) is 1.87. The van der Waals surface area contributed by atoms with Crippen LogP contribution < -0.4 is 21.7 Å². The van der Waals surface area contributed by atoms with Crippen molar-refractivity contribution in [1.29, 1.82) is 5.41 Å². The van der Waals surface area contributed by atoms with Crippen LogP contribution in [-0.4, -0.2) is 47.5 Å². The average Bonchev–Trinajstić information content (AvgIpc) is 2.79. The zero-order valence-electron chi connectivity index (χ0n) is 10.9. The summed E-state index contributed by atoms with van der Waals surface area (Å²) in [7, 11) is 0. The largest absolute Gasteiger partial charge is 0.480 e. The summed E-state index contributed by atoms with van der Waals surface area (Å²) in [6, 6.07) is -1.67. The van der Waals surface area contributed by atoms with E-state index in [9.17, 15) is 14.4 Å². The molecule has 1 rings (SSSR count). The van der Waals surface area contributed by atoms with Gasteiger partial charge in [0.25, 0.3) is 0 Å². The third-order valence-electron chi connectivity index (χ3n) is 2.91. The quantitative estimate of drug-likeness (QED) is 0.182. The van der Waals surface area contributed by atoms with E-state index in [1.165, 1.54) is 0 Å². The number of guanidine groups is 1. The van der Waals surface area contributed by atoms with Gasteiger partial charge in [-0.05, 0) is 19.3 Å². The topological polar surface area (TPSA) is 157 Å². The SMILES string of the molecule is N=C(N)NCCCC(NC(=O)[C@@H]1CCC(=O)N1)C(=O)O. The van der Waals surface area contributed by atoms with Gasteiger partial charge in [-0.1, -0.05) is 0 Å². The van der Waals surface area contributed by atoms with E-state index in [2.05, 4.69) is 16.0 Å². The molecule has 2 atom stereocenters. The Morgan fingerprint density at radius 1 is 1.55 bits per heavy atom. The van der Waals surface area contributed by atoms with Crippen molar-refractivity contribution in [2.75, 3.05) is 6.54 Å². The van der Waals surface area contributed by atoms with Crippen LogP contribution in [-0.2, 0) is 14.4 Å². The average molecular weight is 285 g/mol. The van der Waals surface area contributed by atoms with Crippen LogP contribution in [0.3, 0.4) is 0 Å². The lowest BCUT2D eigenvalue weighted by Gasteiger charge is -2.17. The smallest absolute Gasteiger partial charge is 0.326 e. The van der Waals surface area contributed by atoms with Gasteiger partial charge in [0.2, 0.25) is 11.8 Å². The first-order chi connectivity index (χ1) is 9.40. The molecule has 1 heterocycles. The predicted molar refractivity (Wildman–Crippen MR) is 69.9 cm³/mol. The summed E-state index contributed by atoms with van der Waals surface area (Å²) in [4.78, 5) is 33.8. The lowest BCUT2D eigenvalue weighted by atomic mass is 10.1. The van der Waals surface area contributed by atoms with E-state index in [4.69, 9.17) is 16.2 Å². The number of carboxylic acid groups (broad SMARTS) is 1. The highest BCUT2D eigenvalue weighted by molar-refractivity contribution is 5.92. The van der Waals surface area contributed by atoms with Crippen molar-refractivity contribution in [2.24, 2.45) is 5.73 Å². The second-order valence-corrected chi connectivity index (χ2v) is 4.54. The number of carboxylic acids is 1. The number of nitrogens with two attached hydrogens (primary N) is 1. The molecule has 9 nitrogen and oxygen atoms in total. The summed E-state index contributed by atoms with van der Waals surface area (Å²) < 4.78 is 0. The number of aliphatic carboxylic acids is 1. The predicted octanol–water partition coefficient (Wildman–Crippen LogP) is -1.90. The maximum atomic E-state index is 11.8. The number of hydrogen-bond donors (Lipinski definition) is 6. The fraction of sp³-hybridized carbons (Fsp3) is 0.636. The molecule has 0 saturated carbocycles. The molecule has 0 aliphatic carbocycles. The molecular weight excluding hydrogens is 266 g/mol. The van der Waals surface area contributed by atoms with E-state index in [0.29, 0.717) is 19.4 Å². The van der Waals surface area contributed by atoms with Crippen LogP contribution in [0, 0.1) is 5.41 Å². The van der Waals surface area contributed by atoms with Crippen molar-refractivity contribution in [1.82, 2.24) is 16.0 Å². The van der Waals surface area contributed by atoms with Gasteiger partial charge in [-0.25, -0.2) is 4.79 Å². The molecule has 0 aromatic heterocycles. The zero-order valence-corrected chi connectivity index (χ0v) is 10.9. The van der Waals surface area contributed by atoms with Gasteiger partial charge < -0.3 is 26.8 Å². The summed E-state index contributed by atoms with van der Waals surface area (Å²) in [6.07, 6.45) is 1.30. The normalized spacial score (nSPS) is 19.0. The van der Waals surface area contributed by atoms with Gasteiger partial charge >= 0.3 is 5.97 Å². The third kappa shape index (κ3) is 5.12. The molecule has 1 saturated heterocycles. The van der Waals surface area contributed by atoms with Gasteiger partial charge in [0.15, 0.2) is 5.96 Å². The maximum absolute atomic E-state index is 11.8. The number of carbonyl (C=O) groups excluding carboxylic acids is 2. The number of amides is 2. The highest BCUT2D eigenvalue weighted by Gasteiger charge is 2.30. The molecule has 0 bridgehead atoms. The Kier molecular flexibility index (Phi) is 5.75. The standard InChI is InChI=1S/C11H19N5O4/c12-11(13)14-5-1-2-7(10(19)20)16-9(18)6-3-4-8(17)15-6/h6-7H,1-5H2,(H,15,17)(H,16,18)(H,19,20)(H4,12,13,14)/t6-,7?/m0/s1. The highest BCUT2D eigenvalue weighted by Crippen LogP contribution is 2.07. The van der Waals surface area contributed by atoms with Crippen LogP contribution in [0.4, 0.5) is 0 Å². The van der Waals surface area contributed by atoms with Gasteiger partial charge in [-0.2, -0.15) is 0 Å². The number of hydrogen-bond acceptors (Lipinski definition) is 4. The fourth-order valence-corrected chi connectivity index (χ4v) is 1.87. The zero-order chi connectivity index (χ0) is 15.1. The summed E-state index contributed by atoms with van der Waals surface area (Å²) >= 11 is 0. The Balaban J connectivity index is 2.38. The molecular formula is C11H19N5O4. The van der Waals surface area contributed by atoms with Crippen LogP contribution in [0.5, 0.6) is 0 Å². The van der Waals surface area contributed by atoms with Crippen LogP contribution in [0.15, 0.2) is 0 Å². The number of carbonyl (C=O) groups is 3. The molecule has 0 radical (unpaired) electrons. The monoisotopic (exact) mass is 285 g/mol. The Morgan fingerprint density at radius 2 is 2.25 bits per heavy atom. The van der Waals surface area contributed by atoms with Crippen LogP contribution in [0.1, 0.15) is 25.7 Å². The van der Waals surface area contributed by atoms with Crippen molar-refractivity contribution >= 4 is 23.7 Å². The molecule has 1 unspecified atom stereocenters. The first-order valence-corrected chi connectivity index (χ1v) is 6.30. The molecule has 20 heavy (non-hydrogen) atoms. The first kappa shape index (κ1) is 15.7.